The summed E-state index contributed by atoms with van der Waals surface area (Å²) in [5, 5.41) is 3.25. The molecule has 1 fully saturated rings. The van der Waals surface area contributed by atoms with E-state index in [1.54, 1.807) is 14.2 Å². The molecule has 0 spiro atoms. The molecule has 4 nitrogen and oxygen atoms in total. The summed E-state index contributed by atoms with van der Waals surface area (Å²) in [5.74, 6) is 0. The van der Waals surface area contributed by atoms with E-state index in [9.17, 15) is 0 Å². The number of nitrogens with zero attached hydrogens (tertiary/aromatic N) is 1. The van der Waals surface area contributed by atoms with Crippen LogP contribution < -0.4 is 5.32 Å². The molecule has 15 heavy (non-hydrogen) atoms. The zero-order chi connectivity index (χ0) is 11.3. The zero-order valence-electron chi connectivity index (χ0n) is 10.3. The highest BCUT2D eigenvalue weighted by molar-refractivity contribution is 4.85. The summed E-state index contributed by atoms with van der Waals surface area (Å²) < 4.78 is 10.8. The lowest BCUT2D eigenvalue weighted by Gasteiger charge is -2.17. The molecule has 0 radical (unpaired) electrons. The third-order valence-corrected chi connectivity index (χ3v) is 3.27. The van der Waals surface area contributed by atoms with Crippen LogP contribution in [0.2, 0.25) is 0 Å². The van der Waals surface area contributed by atoms with Gasteiger partial charge < -0.3 is 14.8 Å². The van der Waals surface area contributed by atoms with Gasteiger partial charge in [0, 0.05) is 33.4 Å². The fourth-order valence-electron chi connectivity index (χ4n) is 1.97. The van der Waals surface area contributed by atoms with Crippen LogP contribution >= 0.6 is 0 Å². The van der Waals surface area contributed by atoms with Crippen molar-refractivity contribution in [2.45, 2.75) is 31.6 Å². The summed E-state index contributed by atoms with van der Waals surface area (Å²) in [6.45, 7) is 5.30. The van der Waals surface area contributed by atoms with Gasteiger partial charge in [-0.15, -0.1) is 0 Å². The molecule has 1 rings (SSSR count). The second-order valence-electron chi connectivity index (χ2n) is 4.29. The van der Waals surface area contributed by atoms with Gasteiger partial charge in [0.15, 0.2) is 0 Å². The van der Waals surface area contributed by atoms with Crippen molar-refractivity contribution < 1.29 is 9.47 Å². The second kappa shape index (κ2) is 6.43. The highest BCUT2D eigenvalue weighted by Crippen LogP contribution is 2.15. The van der Waals surface area contributed by atoms with Crippen LogP contribution in [-0.4, -0.2) is 64.1 Å². The van der Waals surface area contributed by atoms with Crippen molar-refractivity contribution in [2.24, 2.45) is 0 Å². The van der Waals surface area contributed by atoms with Crippen LogP contribution in [0, 0.1) is 0 Å². The van der Waals surface area contributed by atoms with Crippen LogP contribution in [0.25, 0.3) is 0 Å². The van der Waals surface area contributed by atoms with E-state index in [-0.39, 0.29) is 12.2 Å². The smallest absolute Gasteiger partial charge is 0.0971 e. The maximum absolute atomic E-state index is 5.40. The molecule has 4 heteroatoms. The Morgan fingerprint density at radius 1 is 1.27 bits per heavy atom. The van der Waals surface area contributed by atoms with Crippen molar-refractivity contribution in [3.63, 3.8) is 0 Å². The average molecular weight is 216 g/mol. The van der Waals surface area contributed by atoms with E-state index < -0.39 is 0 Å². The Bertz CT molecular complexity index is 166. The molecule has 1 aliphatic rings. The highest BCUT2D eigenvalue weighted by Gasteiger charge is 2.32. The maximum Gasteiger partial charge on any atom is 0.0971 e. The number of hydrogen-bond donors (Lipinski definition) is 1. The van der Waals surface area contributed by atoms with E-state index in [0.29, 0.717) is 6.04 Å². The van der Waals surface area contributed by atoms with Crippen molar-refractivity contribution >= 4 is 0 Å². The van der Waals surface area contributed by atoms with Crippen LogP contribution in [0.1, 0.15) is 13.3 Å². The minimum Gasteiger partial charge on any atom is -0.377 e. The molecule has 90 valence electrons. The first-order chi connectivity index (χ1) is 7.21. The van der Waals surface area contributed by atoms with Gasteiger partial charge in [-0.1, -0.05) is 0 Å². The van der Waals surface area contributed by atoms with Gasteiger partial charge in [0.1, 0.15) is 0 Å². The van der Waals surface area contributed by atoms with Crippen molar-refractivity contribution in [2.75, 3.05) is 40.9 Å². The highest BCUT2D eigenvalue weighted by atomic mass is 16.5. The van der Waals surface area contributed by atoms with Crippen LogP contribution in [0.15, 0.2) is 0 Å². The Morgan fingerprint density at radius 3 is 2.20 bits per heavy atom. The molecule has 0 aromatic rings. The lowest BCUT2D eigenvalue weighted by molar-refractivity contribution is -0.00461. The van der Waals surface area contributed by atoms with Gasteiger partial charge >= 0.3 is 0 Å². The van der Waals surface area contributed by atoms with E-state index in [4.69, 9.17) is 9.47 Å². The molecule has 3 atom stereocenters. The fourth-order valence-corrected chi connectivity index (χ4v) is 1.97. The first-order valence-electron chi connectivity index (χ1n) is 5.66. The van der Waals surface area contributed by atoms with Crippen LogP contribution in [0.5, 0.6) is 0 Å². The Labute approximate surface area is 92.9 Å². The number of likely N-dealkylation sites (tertiary alicyclic amines) is 1. The van der Waals surface area contributed by atoms with Crippen LogP contribution in [0.4, 0.5) is 0 Å². The molecular formula is C11H24N2O2. The monoisotopic (exact) mass is 216 g/mol. The minimum absolute atomic E-state index is 0.236. The molecule has 3 unspecified atom stereocenters. The van der Waals surface area contributed by atoms with E-state index >= 15 is 0 Å². The number of hydrogen-bond acceptors (Lipinski definition) is 4. The Morgan fingerprint density at radius 2 is 1.80 bits per heavy atom. The standard InChI is InChI=1S/C11H24N2O2/c1-9(12-2)5-6-13-7-10(14-3)11(8-13)15-4/h9-12H,5-8H2,1-4H3. The lowest BCUT2D eigenvalue weighted by Crippen LogP contribution is -2.30. The summed E-state index contributed by atoms with van der Waals surface area (Å²) in [6, 6.07) is 0.576. The van der Waals surface area contributed by atoms with Gasteiger partial charge in [-0.2, -0.15) is 0 Å². The first kappa shape index (κ1) is 12.9. The van der Waals surface area contributed by atoms with Gasteiger partial charge in [-0.25, -0.2) is 0 Å². The van der Waals surface area contributed by atoms with Gasteiger partial charge in [0.2, 0.25) is 0 Å². The summed E-state index contributed by atoms with van der Waals surface area (Å²) in [6.07, 6.45) is 1.64. The summed E-state index contributed by atoms with van der Waals surface area (Å²) >= 11 is 0. The molecule has 0 aromatic carbocycles. The summed E-state index contributed by atoms with van der Waals surface area (Å²) in [7, 11) is 5.53. The summed E-state index contributed by atoms with van der Waals surface area (Å²) in [5.41, 5.74) is 0. The van der Waals surface area contributed by atoms with Crippen LogP contribution in [-0.2, 0) is 9.47 Å². The van der Waals surface area contributed by atoms with Gasteiger partial charge in [0.25, 0.3) is 0 Å². The van der Waals surface area contributed by atoms with E-state index in [1.807, 2.05) is 7.05 Å². The van der Waals surface area contributed by atoms with Gasteiger partial charge in [-0.05, 0) is 26.9 Å². The normalized spacial score (nSPS) is 29.6. The molecule has 0 aromatic heterocycles. The number of nitrogens with one attached hydrogen (secondary N) is 1. The second-order valence-corrected chi connectivity index (χ2v) is 4.29. The SMILES string of the molecule is CNC(C)CCN1CC(OC)C(OC)C1. The first-order valence-corrected chi connectivity index (χ1v) is 5.66. The topological polar surface area (TPSA) is 33.7 Å². The molecule has 1 heterocycles. The van der Waals surface area contributed by atoms with E-state index in [1.165, 1.54) is 6.42 Å². The molecular weight excluding hydrogens is 192 g/mol. The van der Waals surface area contributed by atoms with Crippen LogP contribution in [0.3, 0.4) is 0 Å². The lowest BCUT2D eigenvalue weighted by atomic mass is 10.2. The predicted octanol–water partition coefficient (Wildman–Crippen LogP) is 0.330. The Kier molecular flexibility index (Phi) is 5.53. The molecule has 1 saturated heterocycles. The van der Waals surface area contributed by atoms with Crippen molar-refractivity contribution in [3.8, 4) is 0 Å². The number of rotatable bonds is 6. The predicted molar refractivity (Wildman–Crippen MR) is 61.2 cm³/mol. The van der Waals surface area contributed by atoms with Gasteiger partial charge in [0.05, 0.1) is 12.2 Å². The third kappa shape index (κ3) is 3.72. The number of methoxy groups -OCH3 is 2. The minimum atomic E-state index is 0.236. The van der Waals surface area contributed by atoms with Crippen molar-refractivity contribution in [1.82, 2.24) is 10.2 Å². The Balaban J connectivity index is 2.27. The molecule has 1 aliphatic heterocycles. The molecule has 0 aliphatic carbocycles. The van der Waals surface area contributed by atoms with Gasteiger partial charge in [-0.3, -0.25) is 4.90 Å². The zero-order valence-corrected chi connectivity index (χ0v) is 10.3. The fraction of sp³-hybridized carbons (Fsp3) is 1.00. The van der Waals surface area contributed by atoms with Crippen molar-refractivity contribution in [3.05, 3.63) is 0 Å². The largest absolute Gasteiger partial charge is 0.377 e. The third-order valence-electron chi connectivity index (χ3n) is 3.27. The van der Waals surface area contributed by atoms with E-state index in [2.05, 4.69) is 17.1 Å². The molecule has 1 N–H and O–H groups in total. The molecule has 0 saturated carbocycles. The maximum atomic E-state index is 5.40. The number of ether oxygens (including phenoxy) is 2. The quantitative estimate of drug-likeness (QED) is 0.694. The molecule has 0 bridgehead atoms. The summed E-state index contributed by atoms with van der Waals surface area (Å²) in [4.78, 5) is 2.41. The Hall–Kier alpha value is -0.160. The van der Waals surface area contributed by atoms with Crippen molar-refractivity contribution in [1.29, 1.82) is 0 Å². The molecule has 0 amide bonds. The van der Waals surface area contributed by atoms with E-state index in [0.717, 1.165) is 19.6 Å². The average Bonchev–Trinajstić information content (AvgIpc) is 2.68.